The molecule has 14 heavy (non-hydrogen) atoms. The summed E-state index contributed by atoms with van der Waals surface area (Å²) in [6.45, 7) is 12.1. The lowest BCUT2D eigenvalue weighted by atomic mass is 9.91. The van der Waals surface area contributed by atoms with Gasteiger partial charge in [-0.3, -0.25) is 0 Å². The number of hydrogen-bond acceptors (Lipinski definition) is 2. The molecule has 1 spiro atoms. The smallest absolute Gasteiger partial charge is 0.411 e. The Kier molecular flexibility index (Phi) is 7.29. The molecule has 3 heteroatoms. The van der Waals surface area contributed by atoms with Gasteiger partial charge in [-0.2, -0.15) is 0 Å². The minimum absolute atomic E-state index is 0.0382. The van der Waals surface area contributed by atoms with Crippen LogP contribution in [-0.2, 0) is 9.31 Å². The topological polar surface area (TPSA) is 18.5 Å². The van der Waals surface area contributed by atoms with Crippen LogP contribution >= 0.6 is 0 Å². The molecule has 0 unspecified atom stereocenters. The molecule has 0 bridgehead atoms. The molecular weight excluding hydrogens is 175 g/mol. The Morgan fingerprint density at radius 1 is 1.07 bits per heavy atom. The molecule has 0 aromatic carbocycles. The Morgan fingerprint density at radius 3 is 1.71 bits per heavy atom. The molecule has 0 amide bonds. The fraction of sp³-hybridized carbons (Fsp3) is 1.00. The molecule has 1 heterocycles. The first-order valence-corrected chi connectivity index (χ1v) is 5.95. The molecular formula is C11H25BO2. The van der Waals surface area contributed by atoms with Crippen molar-refractivity contribution in [2.24, 2.45) is 5.41 Å². The summed E-state index contributed by atoms with van der Waals surface area (Å²) in [5.41, 5.74) is 0.465. The summed E-state index contributed by atoms with van der Waals surface area (Å²) in [5, 5.41) is 0. The maximum atomic E-state index is 5.33. The highest BCUT2D eigenvalue weighted by atomic mass is 16.6. The second-order valence-electron chi connectivity index (χ2n) is 3.90. The van der Waals surface area contributed by atoms with E-state index in [1.54, 1.807) is 0 Å². The van der Waals surface area contributed by atoms with Gasteiger partial charge in [0.2, 0.25) is 0 Å². The molecule has 2 nitrogen and oxygen atoms in total. The van der Waals surface area contributed by atoms with Gasteiger partial charge < -0.3 is 9.31 Å². The van der Waals surface area contributed by atoms with Crippen LogP contribution in [0.25, 0.3) is 0 Å². The zero-order valence-corrected chi connectivity index (χ0v) is 10.4. The molecule has 2 fully saturated rings. The average Bonchev–Trinajstić information content (AvgIpc) is 2.96. The summed E-state index contributed by atoms with van der Waals surface area (Å²) in [4.78, 5) is 0. The van der Waals surface area contributed by atoms with Gasteiger partial charge in [-0.05, 0) is 19.7 Å². The van der Waals surface area contributed by atoms with Crippen molar-refractivity contribution in [3.05, 3.63) is 0 Å². The van der Waals surface area contributed by atoms with E-state index in [1.807, 2.05) is 20.7 Å². The van der Waals surface area contributed by atoms with Crippen LogP contribution in [0.4, 0.5) is 0 Å². The quantitative estimate of drug-likeness (QED) is 0.558. The molecule has 1 aliphatic heterocycles. The Bertz CT molecular complexity index is 125. The highest BCUT2D eigenvalue weighted by Crippen LogP contribution is 2.47. The van der Waals surface area contributed by atoms with Crippen LogP contribution in [0.1, 0.15) is 47.0 Å². The second-order valence-corrected chi connectivity index (χ2v) is 3.90. The SMILES string of the molecule is CB1OCC2(CC2)CO1.CC.CCC. The minimum atomic E-state index is 0.0382. The van der Waals surface area contributed by atoms with Crippen LogP contribution in [0.5, 0.6) is 0 Å². The van der Waals surface area contributed by atoms with Crippen molar-refractivity contribution in [3.63, 3.8) is 0 Å². The van der Waals surface area contributed by atoms with E-state index in [0.29, 0.717) is 5.41 Å². The lowest BCUT2D eigenvalue weighted by molar-refractivity contribution is 0.0691. The number of rotatable bonds is 0. The standard InChI is InChI=1S/C6H11BO2.C3H8.C2H6/c1-7-8-4-6(2-3-6)5-9-7;1-3-2;1-2/h2-5H2,1H3;3H2,1-2H3;1-2H3. The van der Waals surface area contributed by atoms with Crippen LogP contribution in [0, 0.1) is 5.41 Å². The van der Waals surface area contributed by atoms with Crippen molar-refractivity contribution in [3.8, 4) is 0 Å². The summed E-state index contributed by atoms with van der Waals surface area (Å²) in [6.07, 6.45) is 3.86. The van der Waals surface area contributed by atoms with E-state index in [2.05, 4.69) is 13.8 Å². The highest BCUT2D eigenvalue weighted by Gasteiger charge is 2.46. The minimum Gasteiger partial charge on any atom is -0.411 e. The van der Waals surface area contributed by atoms with Gasteiger partial charge in [0, 0.05) is 18.6 Å². The maximum Gasteiger partial charge on any atom is 0.453 e. The maximum absolute atomic E-state index is 5.33. The summed E-state index contributed by atoms with van der Waals surface area (Å²) in [6, 6.07) is 0. The van der Waals surface area contributed by atoms with E-state index >= 15 is 0 Å². The fourth-order valence-electron chi connectivity index (χ4n) is 1.14. The largest absolute Gasteiger partial charge is 0.453 e. The molecule has 0 radical (unpaired) electrons. The molecule has 0 N–H and O–H groups in total. The summed E-state index contributed by atoms with van der Waals surface area (Å²) < 4.78 is 10.7. The van der Waals surface area contributed by atoms with E-state index in [9.17, 15) is 0 Å². The highest BCUT2D eigenvalue weighted by molar-refractivity contribution is 6.42. The third-order valence-electron chi connectivity index (χ3n) is 2.21. The van der Waals surface area contributed by atoms with Crippen LogP contribution in [-0.4, -0.2) is 20.3 Å². The molecule has 0 aromatic rings. The first kappa shape index (κ1) is 14.0. The molecule has 0 atom stereocenters. The van der Waals surface area contributed by atoms with Gasteiger partial charge in [0.25, 0.3) is 0 Å². The Hall–Kier alpha value is -0.0151. The molecule has 1 aliphatic carbocycles. The van der Waals surface area contributed by atoms with Gasteiger partial charge in [-0.1, -0.05) is 34.1 Å². The molecule has 2 aliphatic rings. The fourth-order valence-corrected chi connectivity index (χ4v) is 1.14. The third-order valence-corrected chi connectivity index (χ3v) is 2.21. The zero-order valence-electron chi connectivity index (χ0n) is 10.4. The predicted octanol–water partition coefficient (Wildman–Crippen LogP) is 3.37. The van der Waals surface area contributed by atoms with Gasteiger partial charge >= 0.3 is 7.12 Å². The van der Waals surface area contributed by atoms with Crippen molar-refractivity contribution >= 4 is 7.12 Å². The van der Waals surface area contributed by atoms with Crippen LogP contribution in [0.3, 0.4) is 0 Å². The normalized spacial score (nSPS) is 21.6. The van der Waals surface area contributed by atoms with Gasteiger partial charge in [-0.25, -0.2) is 0 Å². The second kappa shape index (κ2) is 7.30. The van der Waals surface area contributed by atoms with Crippen molar-refractivity contribution < 1.29 is 9.31 Å². The van der Waals surface area contributed by atoms with Crippen molar-refractivity contribution in [1.29, 1.82) is 0 Å². The molecule has 1 saturated carbocycles. The summed E-state index contributed by atoms with van der Waals surface area (Å²) >= 11 is 0. The monoisotopic (exact) mass is 200 g/mol. The van der Waals surface area contributed by atoms with Gasteiger partial charge in [-0.15, -0.1) is 0 Å². The first-order chi connectivity index (χ1) is 6.72. The summed E-state index contributed by atoms with van der Waals surface area (Å²) in [7, 11) is 0.0382. The first-order valence-electron chi connectivity index (χ1n) is 5.95. The molecule has 2 rings (SSSR count). The van der Waals surface area contributed by atoms with E-state index < -0.39 is 0 Å². The van der Waals surface area contributed by atoms with Crippen molar-refractivity contribution in [2.45, 2.75) is 53.8 Å². The summed E-state index contributed by atoms with van der Waals surface area (Å²) in [5.74, 6) is 0. The molecule has 0 aromatic heterocycles. The van der Waals surface area contributed by atoms with Crippen molar-refractivity contribution in [1.82, 2.24) is 0 Å². The predicted molar refractivity (Wildman–Crippen MR) is 62.5 cm³/mol. The van der Waals surface area contributed by atoms with Gasteiger partial charge in [0.1, 0.15) is 0 Å². The van der Waals surface area contributed by atoms with E-state index in [1.165, 1.54) is 19.3 Å². The van der Waals surface area contributed by atoms with Crippen LogP contribution < -0.4 is 0 Å². The average molecular weight is 200 g/mol. The third kappa shape index (κ3) is 5.01. The van der Waals surface area contributed by atoms with Crippen LogP contribution in [0.15, 0.2) is 0 Å². The molecule has 84 valence electrons. The van der Waals surface area contributed by atoms with E-state index in [0.717, 1.165) is 13.2 Å². The van der Waals surface area contributed by atoms with Crippen molar-refractivity contribution in [2.75, 3.05) is 13.2 Å². The Morgan fingerprint density at radius 2 is 1.43 bits per heavy atom. The van der Waals surface area contributed by atoms with Crippen LogP contribution in [0.2, 0.25) is 6.82 Å². The molecule has 1 saturated heterocycles. The number of hydrogen-bond donors (Lipinski definition) is 0. The van der Waals surface area contributed by atoms with Gasteiger partial charge in [0.15, 0.2) is 0 Å². The van der Waals surface area contributed by atoms with E-state index in [4.69, 9.17) is 9.31 Å². The lowest BCUT2D eigenvalue weighted by Crippen LogP contribution is -2.34. The van der Waals surface area contributed by atoms with Gasteiger partial charge in [0.05, 0.1) is 0 Å². The van der Waals surface area contributed by atoms with E-state index in [-0.39, 0.29) is 7.12 Å². The Labute approximate surface area is 89.5 Å². The Balaban J connectivity index is 0.000000294. The zero-order chi connectivity index (χ0) is 11.0. The lowest BCUT2D eigenvalue weighted by Gasteiger charge is -2.24.